The van der Waals surface area contributed by atoms with Gasteiger partial charge in [-0.15, -0.1) is 10.2 Å². The normalized spacial score (nSPS) is 11.2. The molecule has 0 fully saturated rings. The Morgan fingerprint density at radius 2 is 2.17 bits per heavy atom. The van der Waals surface area contributed by atoms with Crippen LogP contribution in [0.25, 0.3) is 10.9 Å². The maximum Gasteiger partial charge on any atom is 0.236 e. The molecule has 0 bridgehead atoms. The third-order valence-electron chi connectivity index (χ3n) is 2.95. The molecule has 5 heteroatoms. The first kappa shape index (κ1) is 11.0. The third-order valence-corrected chi connectivity index (χ3v) is 2.95. The van der Waals surface area contributed by atoms with Gasteiger partial charge < -0.3 is 14.7 Å². The number of aromatic nitrogens is 3. The molecular weight excluding hydrogens is 228 g/mol. The molecule has 92 valence electrons. The molecule has 1 aromatic carbocycles. The van der Waals surface area contributed by atoms with Crippen LogP contribution in [-0.2, 0) is 13.1 Å². The zero-order valence-electron chi connectivity index (χ0n) is 10.1. The van der Waals surface area contributed by atoms with E-state index >= 15 is 0 Å². The van der Waals surface area contributed by atoms with Gasteiger partial charge in [-0.2, -0.15) is 0 Å². The molecule has 0 aliphatic heterocycles. The highest BCUT2D eigenvalue weighted by atomic mass is 16.4. The lowest BCUT2D eigenvalue weighted by atomic mass is 10.1. The number of hydrogen-bond donors (Lipinski definition) is 1. The van der Waals surface area contributed by atoms with Gasteiger partial charge in [0.2, 0.25) is 11.8 Å². The van der Waals surface area contributed by atoms with Gasteiger partial charge >= 0.3 is 0 Å². The molecule has 0 radical (unpaired) electrons. The van der Waals surface area contributed by atoms with Crippen LogP contribution in [0.2, 0.25) is 0 Å². The van der Waals surface area contributed by atoms with Crippen molar-refractivity contribution in [3.8, 4) is 0 Å². The molecule has 18 heavy (non-hydrogen) atoms. The van der Waals surface area contributed by atoms with Crippen molar-refractivity contribution in [3.05, 3.63) is 47.8 Å². The highest BCUT2D eigenvalue weighted by Crippen LogP contribution is 2.18. The fraction of sp³-hybridized carbons (Fsp3) is 0.231. The Hall–Kier alpha value is -2.14. The van der Waals surface area contributed by atoms with Crippen molar-refractivity contribution in [2.75, 3.05) is 0 Å². The molecule has 0 saturated heterocycles. The number of nitrogens with zero attached hydrogens (tertiary/aromatic N) is 3. The molecule has 2 aromatic heterocycles. The number of rotatable bonds is 3. The molecule has 0 amide bonds. The molecule has 0 saturated carbocycles. The van der Waals surface area contributed by atoms with Crippen LogP contribution in [0.15, 0.2) is 34.9 Å². The summed E-state index contributed by atoms with van der Waals surface area (Å²) in [6.45, 7) is 2.91. The quantitative estimate of drug-likeness (QED) is 0.760. The maximum absolute atomic E-state index is 5.67. The first-order valence-corrected chi connectivity index (χ1v) is 5.83. The molecule has 5 nitrogen and oxygen atoms in total. The Morgan fingerprint density at radius 1 is 1.28 bits per heavy atom. The lowest BCUT2D eigenvalue weighted by Crippen LogP contribution is -2.00. The molecule has 3 rings (SSSR count). The Balaban J connectivity index is 2.01. The van der Waals surface area contributed by atoms with Gasteiger partial charge in [-0.3, -0.25) is 0 Å². The zero-order chi connectivity index (χ0) is 12.5. The topological polar surface area (TPSA) is 69.9 Å². The van der Waals surface area contributed by atoms with Crippen molar-refractivity contribution in [2.45, 2.75) is 20.0 Å². The zero-order valence-corrected chi connectivity index (χ0v) is 10.1. The fourth-order valence-corrected chi connectivity index (χ4v) is 2.04. The van der Waals surface area contributed by atoms with E-state index in [0.717, 1.165) is 11.1 Å². The number of benzene rings is 1. The molecule has 0 spiro atoms. The van der Waals surface area contributed by atoms with E-state index < -0.39 is 0 Å². The Kier molecular flexibility index (Phi) is 2.60. The van der Waals surface area contributed by atoms with Crippen molar-refractivity contribution < 1.29 is 4.42 Å². The number of fused-ring (bicyclic) bond motifs is 1. The van der Waals surface area contributed by atoms with E-state index in [0.29, 0.717) is 24.9 Å². The average molecular weight is 242 g/mol. The van der Waals surface area contributed by atoms with Crippen molar-refractivity contribution >= 4 is 10.9 Å². The van der Waals surface area contributed by atoms with Crippen LogP contribution in [0.3, 0.4) is 0 Å². The van der Waals surface area contributed by atoms with Crippen LogP contribution in [0.5, 0.6) is 0 Å². The molecule has 3 aromatic rings. The maximum atomic E-state index is 5.67. The second-order valence-corrected chi connectivity index (χ2v) is 4.26. The minimum absolute atomic E-state index is 0.542. The molecule has 2 heterocycles. The van der Waals surface area contributed by atoms with E-state index in [1.54, 1.807) is 6.92 Å². The summed E-state index contributed by atoms with van der Waals surface area (Å²) < 4.78 is 7.48. The van der Waals surface area contributed by atoms with E-state index in [1.165, 1.54) is 5.39 Å². The van der Waals surface area contributed by atoms with E-state index in [2.05, 4.69) is 33.0 Å². The van der Waals surface area contributed by atoms with Crippen molar-refractivity contribution in [2.24, 2.45) is 5.73 Å². The van der Waals surface area contributed by atoms with Gasteiger partial charge in [0.05, 0.1) is 0 Å². The van der Waals surface area contributed by atoms with E-state index in [1.807, 2.05) is 12.3 Å². The lowest BCUT2D eigenvalue weighted by Gasteiger charge is -2.03. The number of hydrogen-bond acceptors (Lipinski definition) is 4. The average Bonchev–Trinajstić information content (AvgIpc) is 2.96. The molecule has 0 atom stereocenters. The van der Waals surface area contributed by atoms with Crippen LogP contribution < -0.4 is 5.73 Å². The standard InChI is InChI=1S/C13H14N4O/c1-9-15-16-13(18-9)8-17-5-4-11-3-2-10(7-14)6-12(11)17/h2-6H,7-8,14H2,1H3. The Morgan fingerprint density at radius 3 is 2.89 bits per heavy atom. The summed E-state index contributed by atoms with van der Waals surface area (Å²) >= 11 is 0. The SMILES string of the molecule is Cc1nnc(Cn2ccc3ccc(CN)cc32)o1. The van der Waals surface area contributed by atoms with Gasteiger partial charge in [-0.25, -0.2) is 0 Å². The third kappa shape index (κ3) is 1.89. The molecule has 0 aliphatic carbocycles. The summed E-state index contributed by atoms with van der Waals surface area (Å²) in [7, 11) is 0. The van der Waals surface area contributed by atoms with E-state index in [9.17, 15) is 0 Å². The Labute approximate surface area is 104 Å². The summed E-state index contributed by atoms with van der Waals surface area (Å²) in [6.07, 6.45) is 2.02. The van der Waals surface area contributed by atoms with Crippen LogP contribution in [-0.4, -0.2) is 14.8 Å². The summed E-state index contributed by atoms with van der Waals surface area (Å²) in [5.41, 5.74) is 7.91. The van der Waals surface area contributed by atoms with E-state index in [-0.39, 0.29) is 0 Å². The van der Waals surface area contributed by atoms with Crippen LogP contribution in [0.1, 0.15) is 17.3 Å². The fourth-order valence-electron chi connectivity index (χ4n) is 2.04. The van der Waals surface area contributed by atoms with Gasteiger partial charge in [-0.05, 0) is 23.1 Å². The minimum atomic E-state index is 0.542. The predicted octanol–water partition coefficient (Wildman–Crippen LogP) is 1.84. The van der Waals surface area contributed by atoms with Gasteiger partial charge in [0.25, 0.3) is 0 Å². The van der Waals surface area contributed by atoms with Crippen LogP contribution in [0.4, 0.5) is 0 Å². The van der Waals surface area contributed by atoms with Crippen LogP contribution >= 0.6 is 0 Å². The molecular formula is C13H14N4O. The summed E-state index contributed by atoms with van der Waals surface area (Å²) in [6, 6.07) is 8.29. The first-order chi connectivity index (χ1) is 8.76. The van der Waals surface area contributed by atoms with Gasteiger partial charge in [0, 0.05) is 25.2 Å². The summed E-state index contributed by atoms with van der Waals surface area (Å²) in [5, 5.41) is 9.02. The molecule has 2 N–H and O–H groups in total. The smallest absolute Gasteiger partial charge is 0.236 e. The highest BCUT2D eigenvalue weighted by molar-refractivity contribution is 5.80. The monoisotopic (exact) mass is 242 g/mol. The van der Waals surface area contributed by atoms with Gasteiger partial charge in [-0.1, -0.05) is 12.1 Å². The molecule has 0 unspecified atom stereocenters. The minimum Gasteiger partial charge on any atom is -0.424 e. The number of nitrogens with two attached hydrogens (primary N) is 1. The largest absolute Gasteiger partial charge is 0.424 e. The second kappa shape index (κ2) is 4.27. The molecule has 0 aliphatic rings. The number of aryl methyl sites for hydroxylation is 1. The highest BCUT2D eigenvalue weighted by Gasteiger charge is 2.06. The predicted molar refractivity (Wildman–Crippen MR) is 68.0 cm³/mol. The van der Waals surface area contributed by atoms with Crippen molar-refractivity contribution in [3.63, 3.8) is 0 Å². The van der Waals surface area contributed by atoms with E-state index in [4.69, 9.17) is 10.2 Å². The lowest BCUT2D eigenvalue weighted by molar-refractivity contribution is 0.457. The summed E-state index contributed by atoms with van der Waals surface area (Å²) in [4.78, 5) is 0. The van der Waals surface area contributed by atoms with Crippen molar-refractivity contribution in [1.82, 2.24) is 14.8 Å². The van der Waals surface area contributed by atoms with Crippen LogP contribution in [0, 0.1) is 6.92 Å². The summed E-state index contributed by atoms with van der Waals surface area (Å²) in [5.74, 6) is 1.20. The second-order valence-electron chi connectivity index (χ2n) is 4.26. The van der Waals surface area contributed by atoms with Crippen molar-refractivity contribution in [1.29, 1.82) is 0 Å². The van der Waals surface area contributed by atoms with Gasteiger partial charge in [0.15, 0.2) is 0 Å². The van der Waals surface area contributed by atoms with Gasteiger partial charge in [0.1, 0.15) is 6.54 Å². The Bertz CT molecular complexity index is 683. The first-order valence-electron chi connectivity index (χ1n) is 5.83.